The van der Waals surface area contributed by atoms with Crippen molar-refractivity contribution in [3.05, 3.63) is 71.9 Å². The summed E-state index contributed by atoms with van der Waals surface area (Å²) in [6, 6.07) is 16.5. The van der Waals surface area contributed by atoms with E-state index in [1.54, 1.807) is 10.9 Å². The number of esters is 1. The minimum absolute atomic E-state index is 0.121. The maximum absolute atomic E-state index is 12.8. The lowest BCUT2D eigenvalue weighted by molar-refractivity contribution is -0.123. The van der Waals surface area contributed by atoms with Crippen LogP contribution in [0, 0.1) is 6.92 Å². The van der Waals surface area contributed by atoms with Crippen molar-refractivity contribution in [1.29, 1.82) is 0 Å². The van der Waals surface area contributed by atoms with Gasteiger partial charge in [0.1, 0.15) is 11.3 Å². The van der Waals surface area contributed by atoms with Gasteiger partial charge in [0.15, 0.2) is 6.61 Å². The van der Waals surface area contributed by atoms with E-state index in [1.165, 1.54) is 0 Å². The van der Waals surface area contributed by atoms with Gasteiger partial charge in [0, 0.05) is 17.8 Å². The predicted molar refractivity (Wildman–Crippen MR) is 114 cm³/mol. The first kappa shape index (κ1) is 20.3. The Kier molecular flexibility index (Phi) is 5.79. The fourth-order valence-electron chi connectivity index (χ4n) is 3.09. The summed E-state index contributed by atoms with van der Waals surface area (Å²) in [6.07, 6.45) is 3.39. The Morgan fingerprint density at radius 1 is 1.06 bits per heavy atom. The van der Waals surface area contributed by atoms with Gasteiger partial charge in [0.25, 0.3) is 5.91 Å². The Bertz CT molecular complexity index is 1120. The van der Waals surface area contributed by atoms with Crippen LogP contribution < -0.4 is 10.6 Å². The van der Waals surface area contributed by atoms with Crippen molar-refractivity contribution in [2.45, 2.75) is 25.8 Å². The fourth-order valence-corrected chi connectivity index (χ4v) is 3.09. The Hall–Kier alpha value is -3.94. The zero-order valence-electron chi connectivity index (χ0n) is 17.0. The minimum atomic E-state index is -0.696. The number of carbonyl (C=O) groups is 3. The number of hydrogen-bond acceptors (Lipinski definition) is 5. The third kappa shape index (κ3) is 4.98. The monoisotopic (exact) mass is 418 g/mol. The van der Waals surface area contributed by atoms with Crippen LogP contribution in [0.4, 0.5) is 4.79 Å². The van der Waals surface area contributed by atoms with Gasteiger partial charge >= 0.3 is 12.0 Å². The van der Waals surface area contributed by atoms with E-state index in [-0.39, 0.29) is 11.6 Å². The maximum Gasteiger partial charge on any atom is 0.342 e. The number of aryl methyl sites for hydroxylation is 1. The van der Waals surface area contributed by atoms with Gasteiger partial charge < -0.3 is 10.1 Å². The van der Waals surface area contributed by atoms with Crippen LogP contribution in [0.2, 0.25) is 0 Å². The molecule has 1 aliphatic carbocycles. The van der Waals surface area contributed by atoms with E-state index in [9.17, 15) is 14.4 Å². The summed E-state index contributed by atoms with van der Waals surface area (Å²) in [4.78, 5) is 36.4. The van der Waals surface area contributed by atoms with Crippen LogP contribution in [-0.4, -0.2) is 40.3 Å². The predicted octanol–water partition coefficient (Wildman–Crippen LogP) is 2.99. The van der Waals surface area contributed by atoms with Crippen molar-refractivity contribution < 1.29 is 19.1 Å². The molecule has 1 heterocycles. The summed E-state index contributed by atoms with van der Waals surface area (Å²) < 4.78 is 6.78. The number of benzene rings is 2. The molecule has 2 N–H and O–H groups in total. The Morgan fingerprint density at radius 3 is 2.48 bits per heavy atom. The van der Waals surface area contributed by atoms with E-state index in [2.05, 4.69) is 15.7 Å². The molecule has 0 radical (unpaired) electrons. The van der Waals surface area contributed by atoms with Gasteiger partial charge in [-0.25, -0.2) is 14.3 Å². The number of imide groups is 1. The molecule has 4 rings (SSSR count). The van der Waals surface area contributed by atoms with Crippen molar-refractivity contribution in [1.82, 2.24) is 20.4 Å². The van der Waals surface area contributed by atoms with Gasteiger partial charge in [-0.05, 0) is 37.5 Å². The molecule has 0 aliphatic heterocycles. The van der Waals surface area contributed by atoms with Crippen molar-refractivity contribution >= 4 is 17.9 Å². The molecule has 0 spiro atoms. The Balaban J connectivity index is 1.53. The number of urea groups is 1. The van der Waals surface area contributed by atoms with Crippen molar-refractivity contribution in [3.63, 3.8) is 0 Å². The molecule has 2 aromatic carbocycles. The first-order valence-electron chi connectivity index (χ1n) is 10.00. The number of nitrogens with zero attached hydrogens (tertiary/aromatic N) is 2. The number of amides is 3. The van der Waals surface area contributed by atoms with E-state index in [4.69, 9.17) is 4.74 Å². The highest BCUT2D eigenvalue weighted by Gasteiger charge is 2.25. The van der Waals surface area contributed by atoms with Gasteiger partial charge in [-0.15, -0.1) is 0 Å². The highest BCUT2D eigenvalue weighted by atomic mass is 16.5. The molecule has 1 aromatic heterocycles. The number of ether oxygens (including phenoxy) is 1. The molecule has 0 unspecified atom stereocenters. The lowest BCUT2D eigenvalue weighted by Gasteiger charge is -2.07. The number of hydrogen-bond donors (Lipinski definition) is 2. The summed E-state index contributed by atoms with van der Waals surface area (Å²) in [5.74, 6) is -1.39. The smallest absolute Gasteiger partial charge is 0.342 e. The zero-order chi connectivity index (χ0) is 21.8. The topological polar surface area (TPSA) is 102 Å². The number of rotatable bonds is 6. The van der Waals surface area contributed by atoms with Crippen LogP contribution >= 0.6 is 0 Å². The van der Waals surface area contributed by atoms with Gasteiger partial charge in [-0.2, -0.15) is 5.10 Å². The molecule has 8 nitrogen and oxygen atoms in total. The van der Waals surface area contributed by atoms with Gasteiger partial charge in [-0.3, -0.25) is 10.1 Å². The normalized spacial score (nSPS) is 12.8. The van der Waals surface area contributed by atoms with Gasteiger partial charge in [-0.1, -0.05) is 42.5 Å². The largest absolute Gasteiger partial charge is 0.452 e. The van der Waals surface area contributed by atoms with E-state index >= 15 is 0 Å². The summed E-state index contributed by atoms with van der Waals surface area (Å²) in [7, 11) is 0. The second kappa shape index (κ2) is 8.83. The molecule has 1 aliphatic rings. The van der Waals surface area contributed by atoms with Crippen LogP contribution in [-0.2, 0) is 9.53 Å². The highest BCUT2D eigenvalue weighted by Crippen LogP contribution is 2.27. The van der Waals surface area contributed by atoms with Crippen LogP contribution in [0.15, 0.2) is 60.8 Å². The lowest BCUT2D eigenvalue weighted by Crippen LogP contribution is -2.42. The second-order valence-corrected chi connectivity index (χ2v) is 7.36. The highest BCUT2D eigenvalue weighted by molar-refractivity contribution is 5.99. The lowest BCUT2D eigenvalue weighted by atomic mass is 10.0. The SMILES string of the molecule is Cc1ccccc1-c1nn(-c2ccccc2)cc1C(=O)OCC(=O)NC(=O)NC1CC1. The van der Waals surface area contributed by atoms with Gasteiger partial charge in [0.05, 0.1) is 5.69 Å². The van der Waals surface area contributed by atoms with E-state index < -0.39 is 24.5 Å². The first-order chi connectivity index (χ1) is 15.0. The molecule has 3 amide bonds. The molecule has 31 heavy (non-hydrogen) atoms. The van der Waals surface area contributed by atoms with Crippen molar-refractivity contribution in [3.8, 4) is 16.9 Å². The molecule has 0 bridgehead atoms. The summed E-state index contributed by atoms with van der Waals surface area (Å²) in [5, 5.41) is 9.39. The molecule has 158 valence electrons. The number of nitrogens with one attached hydrogen (secondary N) is 2. The van der Waals surface area contributed by atoms with Crippen LogP contribution in [0.5, 0.6) is 0 Å². The molecule has 3 aromatic rings. The fraction of sp³-hybridized carbons (Fsp3) is 0.217. The van der Waals surface area contributed by atoms with Crippen LogP contribution in [0.1, 0.15) is 28.8 Å². The van der Waals surface area contributed by atoms with Crippen LogP contribution in [0.3, 0.4) is 0 Å². The zero-order valence-corrected chi connectivity index (χ0v) is 17.0. The van der Waals surface area contributed by atoms with Gasteiger partial charge in [0.2, 0.25) is 0 Å². The van der Waals surface area contributed by atoms with E-state index in [0.717, 1.165) is 29.7 Å². The molecule has 1 saturated carbocycles. The molecule has 8 heteroatoms. The third-order valence-electron chi connectivity index (χ3n) is 4.85. The summed E-state index contributed by atoms with van der Waals surface area (Å²) >= 11 is 0. The minimum Gasteiger partial charge on any atom is -0.452 e. The number of aromatic nitrogens is 2. The molecular weight excluding hydrogens is 396 g/mol. The maximum atomic E-state index is 12.8. The summed E-state index contributed by atoms with van der Waals surface area (Å²) in [6.45, 7) is 1.36. The Labute approximate surface area is 179 Å². The first-order valence-corrected chi connectivity index (χ1v) is 10.00. The Morgan fingerprint density at radius 2 is 1.77 bits per heavy atom. The third-order valence-corrected chi connectivity index (χ3v) is 4.85. The van der Waals surface area contributed by atoms with E-state index in [0.29, 0.717) is 5.69 Å². The van der Waals surface area contributed by atoms with Crippen LogP contribution in [0.25, 0.3) is 16.9 Å². The standard InChI is InChI=1S/C23H22N4O4/c1-15-7-5-6-10-18(15)21-19(13-27(26-21)17-8-3-2-4-9-17)22(29)31-14-20(28)25-23(30)24-16-11-12-16/h2-10,13,16H,11-12,14H2,1H3,(H2,24,25,28,30). The average molecular weight is 418 g/mol. The molecular formula is C23H22N4O4. The van der Waals surface area contributed by atoms with Crippen molar-refractivity contribution in [2.75, 3.05) is 6.61 Å². The second-order valence-electron chi connectivity index (χ2n) is 7.36. The summed E-state index contributed by atoms with van der Waals surface area (Å²) in [5.41, 5.74) is 3.21. The van der Waals surface area contributed by atoms with Crippen molar-refractivity contribution in [2.24, 2.45) is 0 Å². The molecule has 0 saturated heterocycles. The number of carbonyl (C=O) groups excluding carboxylic acids is 3. The average Bonchev–Trinajstić information content (AvgIpc) is 3.46. The van der Waals surface area contributed by atoms with E-state index in [1.807, 2.05) is 61.5 Å². The molecule has 0 atom stereocenters. The number of para-hydroxylation sites is 1. The quantitative estimate of drug-likeness (QED) is 0.599. The molecule has 1 fully saturated rings.